The number of aliphatic hydroxyl groups is 1. The lowest BCUT2D eigenvalue weighted by molar-refractivity contribution is -0.116. The Labute approximate surface area is 110 Å². The van der Waals surface area contributed by atoms with Crippen molar-refractivity contribution in [1.29, 1.82) is 0 Å². The maximum atomic E-state index is 11.7. The summed E-state index contributed by atoms with van der Waals surface area (Å²) in [5.74, 6) is -0.0620. The van der Waals surface area contributed by atoms with E-state index in [1.165, 1.54) is 0 Å². The summed E-state index contributed by atoms with van der Waals surface area (Å²) in [7, 11) is 0. The third-order valence-corrected chi connectivity index (χ3v) is 3.45. The summed E-state index contributed by atoms with van der Waals surface area (Å²) in [6.07, 6.45) is 0.836. The van der Waals surface area contributed by atoms with Crippen LogP contribution < -0.4 is 5.32 Å². The maximum Gasteiger partial charge on any atom is 0.224 e. The SMILES string of the molecule is O=C(CCCO)Nc1ccccc1-c1cccs1. The first-order chi connectivity index (χ1) is 8.81. The number of rotatable bonds is 5. The second kappa shape index (κ2) is 6.33. The lowest BCUT2D eigenvalue weighted by Gasteiger charge is -2.09. The zero-order valence-electron chi connectivity index (χ0n) is 9.93. The van der Waals surface area contributed by atoms with Gasteiger partial charge in [-0.05, 0) is 23.9 Å². The molecule has 1 heterocycles. The van der Waals surface area contributed by atoms with Crippen LogP contribution in [-0.2, 0) is 4.79 Å². The second-order valence-corrected chi connectivity index (χ2v) is 4.85. The van der Waals surface area contributed by atoms with Crippen LogP contribution >= 0.6 is 11.3 Å². The molecule has 0 aliphatic rings. The second-order valence-electron chi connectivity index (χ2n) is 3.90. The summed E-state index contributed by atoms with van der Waals surface area (Å²) in [4.78, 5) is 12.8. The van der Waals surface area contributed by atoms with Gasteiger partial charge in [0.05, 0.1) is 0 Å². The highest BCUT2D eigenvalue weighted by molar-refractivity contribution is 7.13. The largest absolute Gasteiger partial charge is 0.396 e. The van der Waals surface area contributed by atoms with Gasteiger partial charge in [0.2, 0.25) is 5.91 Å². The van der Waals surface area contributed by atoms with Crippen LogP contribution in [0.5, 0.6) is 0 Å². The first kappa shape index (κ1) is 12.8. The quantitative estimate of drug-likeness (QED) is 0.868. The van der Waals surface area contributed by atoms with Gasteiger partial charge >= 0.3 is 0 Å². The lowest BCUT2D eigenvalue weighted by Crippen LogP contribution is -2.12. The number of anilines is 1. The number of para-hydroxylation sites is 1. The van der Waals surface area contributed by atoms with Gasteiger partial charge in [-0.3, -0.25) is 4.79 Å². The maximum absolute atomic E-state index is 11.7. The fourth-order valence-electron chi connectivity index (χ4n) is 1.69. The number of nitrogens with one attached hydrogen (secondary N) is 1. The van der Waals surface area contributed by atoms with Crippen LogP contribution in [0.3, 0.4) is 0 Å². The van der Waals surface area contributed by atoms with Gasteiger partial charge in [0.25, 0.3) is 0 Å². The van der Waals surface area contributed by atoms with E-state index in [1.54, 1.807) is 11.3 Å². The third kappa shape index (κ3) is 3.18. The van der Waals surface area contributed by atoms with Gasteiger partial charge in [0, 0.05) is 29.2 Å². The molecule has 0 atom stereocenters. The van der Waals surface area contributed by atoms with Crippen molar-refractivity contribution in [2.75, 3.05) is 11.9 Å². The Hall–Kier alpha value is -1.65. The van der Waals surface area contributed by atoms with E-state index in [0.717, 1.165) is 16.1 Å². The zero-order valence-corrected chi connectivity index (χ0v) is 10.7. The predicted molar refractivity (Wildman–Crippen MR) is 74.7 cm³/mol. The van der Waals surface area contributed by atoms with E-state index < -0.39 is 0 Å². The Morgan fingerprint density at radius 3 is 2.78 bits per heavy atom. The van der Waals surface area contributed by atoms with Crippen molar-refractivity contribution in [2.45, 2.75) is 12.8 Å². The van der Waals surface area contributed by atoms with Crippen molar-refractivity contribution in [3.8, 4) is 10.4 Å². The van der Waals surface area contributed by atoms with Gasteiger partial charge in [-0.1, -0.05) is 24.3 Å². The molecule has 3 nitrogen and oxygen atoms in total. The molecule has 0 saturated carbocycles. The molecule has 1 aromatic heterocycles. The summed E-state index contributed by atoms with van der Waals surface area (Å²) in [6, 6.07) is 11.8. The Bertz CT molecular complexity index is 508. The van der Waals surface area contributed by atoms with E-state index in [1.807, 2.05) is 41.8 Å². The van der Waals surface area contributed by atoms with E-state index in [4.69, 9.17) is 5.11 Å². The molecule has 2 N–H and O–H groups in total. The highest BCUT2D eigenvalue weighted by atomic mass is 32.1. The van der Waals surface area contributed by atoms with Gasteiger partial charge in [0.15, 0.2) is 0 Å². The molecule has 0 aliphatic heterocycles. The molecule has 1 aromatic carbocycles. The van der Waals surface area contributed by atoms with Crippen molar-refractivity contribution in [3.05, 3.63) is 41.8 Å². The van der Waals surface area contributed by atoms with Crippen molar-refractivity contribution in [2.24, 2.45) is 0 Å². The molecule has 18 heavy (non-hydrogen) atoms. The number of carbonyl (C=O) groups excluding carboxylic acids is 1. The van der Waals surface area contributed by atoms with Crippen LogP contribution in [0, 0.1) is 0 Å². The van der Waals surface area contributed by atoms with Crippen molar-refractivity contribution in [1.82, 2.24) is 0 Å². The van der Waals surface area contributed by atoms with Crippen LogP contribution in [0.2, 0.25) is 0 Å². The van der Waals surface area contributed by atoms with E-state index in [0.29, 0.717) is 12.8 Å². The number of carbonyl (C=O) groups is 1. The minimum absolute atomic E-state index is 0.0417. The molecule has 0 spiro atoms. The van der Waals surface area contributed by atoms with Crippen molar-refractivity contribution < 1.29 is 9.90 Å². The van der Waals surface area contributed by atoms with Gasteiger partial charge in [0.1, 0.15) is 0 Å². The van der Waals surface area contributed by atoms with Crippen molar-refractivity contribution >= 4 is 22.9 Å². The summed E-state index contributed by atoms with van der Waals surface area (Å²) in [5.41, 5.74) is 1.85. The Balaban J connectivity index is 2.16. The highest BCUT2D eigenvalue weighted by Crippen LogP contribution is 2.31. The molecule has 2 aromatic rings. The summed E-state index contributed by atoms with van der Waals surface area (Å²) in [6.45, 7) is 0.0417. The molecule has 0 aliphatic carbocycles. The van der Waals surface area contributed by atoms with Crippen LogP contribution in [0.4, 0.5) is 5.69 Å². The van der Waals surface area contributed by atoms with Gasteiger partial charge < -0.3 is 10.4 Å². The fraction of sp³-hybridized carbons (Fsp3) is 0.214. The number of hydrogen-bond acceptors (Lipinski definition) is 3. The number of thiophene rings is 1. The van der Waals surface area contributed by atoms with Gasteiger partial charge in [-0.25, -0.2) is 0 Å². The van der Waals surface area contributed by atoms with Crippen LogP contribution in [-0.4, -0.2) is 17.6 Å². The standard InChI is InChI=1S/C14H15NO2S/c16-9-3-8-14(17)15-12-6-2-1-5-11(12)13-7-4-10-18-13/h1-2,4-7,10,16H,3,8-9H2,(H,15,17). The third-order valence-electron chi connectivity index (χ3n) is 2.55. The molecule has 0 unspecified atom stereocenters. The molecular formula is C14H15NO2S. The summed E-state index contributed by atoms with van der Waals surface area (Å²) >= 11 is 1.64. The summed E-state index contributed by atoms with van der Waals surface area (Å²) < 4.78 is 0. The van der Waals surface area contributed by atoms with Crippen LogP contribution in [0.1, 0.15) is 12.8 Å². The summed E-state index contributed by atoms with van der Waals surface area (Å²) in [5, 5.41) is 13.6. The first-order valence-corrected chi connectivity index (χ1v) is 6.73. The van der Waals surface area contributed by atoms with E-state index in [-0.39, 0.29) is 12.5 Å². The molecular weight excluding hydrogens is 246 g/mol. The average molecular weight is 261 g/mol. The number of hydrogen-bond donors (Lipinski definition) is 2. The number of benzene rings is 1. The van der Waals surface area contributed by atoms with Crippen LogP contribution in [0.25, 0.3) is 10.4 Å². The molecule has 0 radical (unpaired) electrons. The average Bonchev–Trinajstić information content (AvgIpc) is 2.91. The highest BCUT2D eigenvalue weighted by Gasteiger charge is 2.08. The normalized spacial score (nSPS) is 10.3. The molecule has 0 fully saturated rings. The van der Waals surface area contributed by atoms with Crippen molar-refractivity contribution in [3.63, 3.8) is 0 Å². The molecule has 1 amide bonds. The van der Waals surface area contributed by atoms with E-state index >= 15 is 0 Å². The van der Waals surface area contributed by atoms with Crippen LogP contribution in [0.15, 0.2) is 41.8 Å². The monoisotopic (exact) mass is 261 g/mol. The number of amides is 1. The topological polar surface area (TPSA) is 49.3 Å². The Kier molecular flexibility index (Phi) is 4.50. The number of aliphatic hydroxyl groups excluding tert-OH is 1. The molecule has 0 bridgehead atoms. The molecule has 2 rings (SSSR count). The molecule has 94 valence electrons. The molecule has 0 saturated heterocycles. The predicted octanol–water partition coefficient (Wildman–Crippen LogP) is 3.13. The smallest absolute Gasteiger partial charge is 0.224 e. The van der Waals surface area contributed by atoms with E-state index in [9.17, 15) is 4.79 Å². The minimum Gasteiger partial charge on any atom is -0.396 e. The first-order valence-electron chi connectivity index (χ1n) is 5.85. The Morgan fingerprint density at radius 2 is 2.06 bits per heavy atom. The van der Waals surface area contributed by atoms with E-state index in [2.05, 4.69) is 5.32 Å². The lowest BCUT2D eigenvalue weighted by atomic mass is 10.1. The Morgan fingerprint density at radius 1 is 1.22 bits per heavy atom. The minimum atomic E-state index is -0.0620. The fourth-order valence-corrected chi connectivity index (χ4v) is 2.46. The molecule has 4 heteroatoms. The zero-order chi connectivity index (χ0) is 12.8. The van der Waals surface area contributed by atoms with Gasteiger partial charge in [-0.2, -0.15) is 0 Å². The van der Waals surface area contributed by atoms with Gasteiger partial charge in [-0.15, -0.1) is 11.3 Å².